The van der Waals surface area contributed by atoms with Crippen molar-refractivity contribution in [1.29, 1.82) is 0 Å². The molecule has 2 rings (SSSR count). The summed E-state index contributed by atoms with van der Waals surface area (Å²) in [6.07, 6.45) is 1.93. The van der Waals surface area contributed by atoms with Crippen LogP contribution in [-0.2, 0) is 6.42 Å². The molecule has 0 aliphatic rings. The van der Waals surface area contributed by atoms with Gasteiger partial charge in [-0.1, -0.05) is 15.9 Å². The average Bonchev–Trinajstić information content (AvgIpc) is 2.79. The quantitative estimate of drug-likeness (QED) is 0.927. The van der Waals surface area contributed by atoms with Gasteiger partial charge in [0, 0.05) is 22.5 Å². The highest BCUT2D eigenvalue weighted by Crippen LogP contribution is 2.27. The van der Waals surface area contributed by atoms with Gasteiger partial charge in [0.15, 0.2) is 0 Å². The van der Waals surface area contributed by atoms with Crippen LogP contribution in [-0.4, -0.2) is 7.05 Å². The molecule has 0 aliphatic carbocycles. The number of hydrogen-bond acceptors (Lipinski definition) is 2. The summed E-state index contributed by atoms with van der Waals surface area (Å²) < 4.78 is 33.3. The summed E-state index contributed by atoms with van der Waals surface area (Å²) in [7, 11) is 1.66. The van der Waals surface area contributed by atoms with Crippen molar-refractivity contribution in [3.63, 3.8) is 0 Å². The molecule has 1 atom stereocenters. The molecule has 96 valence electrons. The summed E-state index contributed by atoms with van der Waals surface area (Å²) in [6.45, 7) is 0. The van der Waals surface area contributed by atoms with Crippen molar-refractivity contribution < 1.29 is 13.2 Å². The molecule has 0 spiro atoms. The van der Waals surface area contributed by atoms with Crippen molar-refractivity contribution >= 4 is 15.9 Å². The molecule has 1 heterocycles. The summed E-state index contributed by atoms with van der Waals surface area (Å²) in [5.41, 5.74) is 0.0251. The summed E-state index contributed by atoms with van der Waals surface area (Å²) in [6, 6.07) is 5.56. The molecular weight excluding hydrogens is 304 g/mol. The van der Waals surface area contributed by atoms with Gasteiger partial charge in [-0.2, -0.15) is 0 Å². The average molecular weight is 316 g/mol. The molecule has 18 heavy (non-hydrogen) atoms. The van der Waals surface area contributed by atoms with Gasteiger partial charge in [-0.3, -0.25) is 0 Å². The van der Waals surface area contributed by atoms with Gasteiger partial charge in [0.05, 0.1) is 6.26 Å². The van der Waals surface area contributed by atoms with Crippen LogP contribution in [0.1, 0.15) is 17.4 Å². The van der Waals surface area contributed by atoms with Crippen molar-refractivity contribution in [3.05, 3.63) is 58.0 Å². The van der Waals surface area contributed by atoms with Crippen LogP contribution in [0.4, 0.5) is 8.78 Å². The Balaban J connectivity index is 2.33. The van der Waals surface area contributed by atoms with Crippen LogP contribution in [0.2, 0.25) is 0 Å². The molecular formula is C13H12BrF2NO. The second kappa shape index (κ2) is 5.63. The molecule has 1 unspecified atom stereocenters. The van der Waals surface area contributed by atoms with E-state index in [1.807, 2.05) is 0 Å². The predicted octanol–water partition coefficient (Wildman–Crippen LogP) is 3.82. The van der Waals surface area contributed by atoms with E-state index < -0.39 is 17.7 Å². The molecule has 2 nitrogen and oxygen atoms in total. The van der Waals surface area contributed by atoms with Crippen molar-refractivity contribution in [2.45, 2.75) is 12.5 Å². The summed E-state index contributed by atoms with van der Waals surface area (Å²) >= 11 is 3.06. The van der Waals surface area contributed by atoms with E-state index in [0.717, 1.165) is 0 Å². The first-order valence-corrected chi connectivity index (χ1v) is 6.25. The fourth-order valence-corrected chi connectivity index (χ4v) is 2.27. The molecule has 0 bridgehead atoms. The third kappa shape index (κ3) is 2.79. The Kier molecular flexibility index (Phi) is 4.14. The number of halogens is 3. The number of nitrogens with one attached hydrogen (secondary N) is 1. The van der Waals surface area contributed by atoms with Crippen LogP contribution in [0.15, 0.2) is 39.4 Å². The van der Waals surface area contributed by atoms with Crippen LogP contribution in [0.25, 0.3) is 0 Å². The molecule has 0 aliphatic heterocycles. The third-order valence-corrected chi connectivity index (χ3v) is 3.18. The first kappa shape index (κ1) is 13.2. The lowest BCUT2D eigenvalue weighted by atomic mass is 10.0. The van der Waals surface area contributed by atoms with Crippen LogP contribution in [0.3, 0.4) is 0 Å². The van der Waals surface area contributed by atoms with Gasteiger partial charge in [-0.05, 0) is 31.3 Å². The highest BCUT2D eigenvalue weighted by Gasteiger charge is 2.20. The van der Waals surface area contributed by atoms with Gasteiger partial charge in [-0.15, -0.1) is 0 Å². The minimum Gasteiger partial charge on any atom is -0.469 e. The minimum atomic E-state index is -0.576. The van der Waals surface area contributed by atoms with Gasteiger partial charge in [-0.25, -0.2) is 8.78 Å². The number of furan rings is 1. The van der Waals surface area contributed by atoms with E-state index in [4.69, 9.17) is 4.42 Å². The Morgan fingerprint density at radius 1 is 1.33 bits per heavy atom. The summed E-state index contributed by atoms with van der Waals surface area (Å²) in [4.78, 5) is 0. The van der Waals surface area contributed by atoms with Crippen molar-refractivity contribution in [1.82, 2.24) is 5.32 Å². The second-order valence-corrected chi connectivity index (χ2v) is 4.82. The Bertz CT molecular complexity index is 505. The Labute approximate surface area is 112 Å². The lowest BCUT2D eigenvalue weighted by molar-refractivity contribution is 0.440. The van der Waals surface area contributed by atoms with Crippen LogP contribution >= 0.6 is 15.9 Å². The van der Waals surface area contributed by atoms with E-state index in [2.05, 4.69) is 21.2 Å². The smallest absolute Gasteiger partial charge is 0.132 e. The molecule has 0 amide bonds. The normalized spacial score (nSPS) is 12.7. The Hall–Kier alpha value is -1.20. The van der Waals surface area contributed by atoms with Crippen LogP contribution in [0.5, 0.6) is 0 Å². The Morgan fingerprint density at radius 2 is 2.00 bits per heavy atom. The maximum absolute atomic E-state index is 13.8. The molecule has 0 saturated heterocycles. The van der Waals surface area contributed by atoms with Crippen molar-refractivity contribution in [3.8, 4) is 0 Å². The zero-order valence-corrected chi connectivity index (χ0v) is 11.3. The van der Waals surface area contributed by atoms with E-state index in [0.29, 0.717) is 16.7 Å². The van der Waals surface area contributed by atoms with Crippen molar-refractivity contribution in [2.75, 3.05) is 7.05 Å². The first-order chi connectivity index (χ1) is 8.61. The Morgan fingerprint density at radius 3 is 2.50 bits per heavy atom. The highest BCUT2D eigenvalue weighted by atomic mass is 79.9. The van der Waals surface area contributed by atoms with E-state index in [1.54, 1.807) is 19.2 Å². The monoisotopic (exact) mass is 315 g/mol. The van der Waals surface area contributed by atoms with E-state index >= 15 is 0 Å². The number of rotatable bonds is 4. The molecule has 2 aromatic rings. The molecule has 0 fully saturated rings. The lowest BCUT2D eigenvalue weighted by Gasteiger charge is -2.17. The highest BCUT2D eigenvalue weighted by molar-refractivity contribution is 9.10. The zero-order chi connectivity index (χ0) is 13.1. The standard InChI is InChI=1S/C13H12BrF2NO/c1-17-12(7-9-3-2-4-18-9)13-10(15)5-8(14)6-11(13)16/h2-6,12,17H,7H2,1H3. The fourth-order valence-electron chi connectivity index (χ4n) is 1.86. The second-order valence-electron chi connectivity index (χ2n) is 3.91. The van der Waals surface area contributed by atoms with Gasteiger partial charge in [0.1, 0.15) is 17.4 Å². The molecule has 0 radical (unpaired) electrons. The molecule has 1 aromatic carbocycles. The van der Waals surface area contributed by atoms with Gasteiger partial charge < -0.3 is 9.73 Å². The van der Waals surface area contributed by atoms with Crippen LogP contribution < -0.4 is 5.32 Å². The van der Waals surface area contributed by atoms with Gasteiger partial charge >= 0.3 is 0 Å². The SMILES string of the molecule is CNC(Cc1ccco1)c1c(F)cc(Br)cc1F. The summed E-state index contributed by atoms with van der Waals surface area (Å²) in [5, 5.41) is 2.90. The molecule has 1 aromatic heterocycles. The first-order valence-electron chi connectivity index (χ1n) is 5.46. The predicted molar refractivity (Wildman–Crippen MR) is 68.3 cm³/mol. The number of likely N-dealkylation sites (N-methyl/N-ethyl adjacent to an activating group) is 1. The van der Waals surface area contributed by atoms with Crippen LogP contribution in [0, 0.1) is 11.6 Å². The maximum atomic E-state index is 13.8. The van der Waals surface area contributed by atoms with Gasteiger partial charge in [0.25, 0.3) is 0 Å². The number of hydrogen-bond donors (Lipinski definition) is 1. The summed E-state index contributed by atoms with van der Waals surface area (Å²) in [5.74, 6) is -0.475. The third-order valence-electron chi connectivity index (χ3n) is 2.73. The lowest BCUT2D eigenvalue weighted by Crippen LogP contribution is -2.21. The van der Waals surface area contributed by atoms with E-state index in [1.165, 1.54) is 18.4 Å². The molecule has 0 saturated carbocycles. The minimum absolute atomic E-state index is 0.0251. The topological polar surface area (TPSA) is 25.2 Å². The molecule has 1 N–H and O–H groups in total. The fraction of sp³-hybridized carbons (Fsp3) is 0.231. The largest absolute Gasteiger partial charge is 0.469 e. The van der Waals surface area contributed by atoms with E-state index in [-0.39, 0.29) is 5.56 Å². The van der Waals surface area contributed by atoms with E-state index in [9.17, 15) is 8.78 Å². The zero-order valence-electron chi connectivity index (χ0n) is 9.71. The van der Waals surface area contributed by atoms with Crippen molar-refractivity contribution in [2.24, 2.45) is 0 Å². The van der Waals surface area contributed by atoms with Gasteiger partial charge in [0.2, 0.25) is 0 Å². The molecule has 5 heteroatoms. The maximum Gasteiger partial charge on any atom is 0.132 e. The number of benzene rings is 1.